The van der Waals surface area contributed by atoms with Crippen LogP contribution in [0.25, 0.3) is 11.1 Å². The maximum absolute atomic E-state index is 13.8. The molecule has 2 unspecified atom stereocenters. The van der Waals surface area contributed by atoms with Crippen LogP contribution in [-0.2, 0) is 25.7 Å². The number of hydrogen-bond donors (Lipinski definition) is 5. The van der Waals surface area contributed by atoms with Crippen molar-refractivity contribution in [2.45, 2.75) is 182 Å². The molecule has 2 aromatic carbocycles. The predicted octanol–water partition coefficient (Wildman–Crippen LogP) is 8.82. The van der Waals surface area contributed by atoms with Gasteiger partial charge in [-0.05, 0) is 61.6 Å². The van der Waals surface area contributed by atoms with Crippen molar-refractivity contribution in [1.82, 2.24) is 21.1 Å². The van der Waals surface area contributed by atoms with Crippen LogP contribution in [0.15, 0.2) is 53.6 Å². The Hall–Kier alpha value is -4.25. The Labute approximate surface area is 350 Å². The molecule has 11 heteroatoms. The number of amides is 3. The zero-order valence-electron chi connectivity index (χ0n) is 36.6. The lowest BCUT2D eigenvalue weighted by Crippen LogP contribution is -2.52. The Morgan fingerprint density at radius 3 is 1.88 bits per heavy atom. The Morgan fingerprint density at radius 1 is 0.724 bits per heavy atom. The quantitative estimate of drug-likeness (QED) is 0.0162. The second kappa shape index (κ2) is 29.9. The Balaban J connectivity index is 1.87. The number of rotatable bonds is 32. The number of amidine groups is 1. The van der Waals surface area contributed by atoms with Crippen LogP contribution in [-0.4, -0.2) is 52.9 Å². The molecule has 0 saturated heterocycles. The number of hydrogen-bond acceptors (Lipinski definition) is 7. The molecule has 0 aliphatic carbocycles. The lowest BCUT2D eigenvalue weighted by molar-refractivity contribution is -0.143. The van der Waals surface area contributed by atoms with Crippen molar-refractivity contribution in [3.63, 3.8) is 0 Å². The van der Waals surface area contributed by atoms with Gasteiger partial charge in [0.2, 0.25) is 17.7 Å². The molecular formula is C47H77N7O4. The van der Waals surface area contributed by atoms with Gasteiger partial charge >= 0.3 is 0 Å². The van der Waals surface area contributed by atoms with Crippen LogP contribution in [0.2, 0.25) is 0 Å². The molecule has 0 saturated carbocycles. The molecule has 0 heterocycles. The van der Waals surface area contributed by atoms with E-state index in [1.807, 2.05) is 69.3 Å². The second-order valence-electron chi connectivity index (χ2n) is 16.2. The maximum atomic E-state index is 13.8. The van der Waals surface area contributed by atoms with Crippen LogP contribution in [0.5, 0.6) is 0 Å². The molecule has 0 radical (unpaired) electrons. The average molecular weight is 804 g/mol. The van der Waals surface area contributed by atoms with E-state index in [-0.39, 0.29) is 35.3 Å². The summed E-state index contributed by atoms with van der Waals surface area (Å²) in [5.41, 5.74) is 11.8. The van der Waals surface area contributed by atoms with Crippen molar-refractivity contribution in [2.24, 2.45) is 22.6 Å². The standard InChI is InChI=1S/C47H77N7O4/c1-6-8-10-11-12-13-14-15-16-17-18-19-20-28-43(56)51-42(37(5)55)27-23-24-34-50-47(58)45(36(3)4)54(44(57)29-9-7-2)35-38-30-32-39(33-31-38)40-25-21-22-26-41(40)46(48)52-53-49/h21-22,25-26,30-33,36,42,45,53H,6-20,23-24,27-29,34-35,49H2,1-5H3,(H2,48,52)(H,50,58)(H,51,56). The van der Waals surface area contributed by atoms with Gasteiger partial charge in [-0.1, -0.05) is 160 Å². The molecule has 0 bridgehead atoms. The van der Waals surface area contributed by atoms with Crippen molar-refractivity contribution >= 4 is 29.3 Å². The van der Waals surface area contributed by atoms with Crippen molar-refractivity contribution in [1.29, 1.82) is 0 Å². The van der Waals surface area contributed by atoms with E-state index in [2.05, 4.69) is 28.2 Å². The highest BCUT2D eigenvalue weighted by molar-refractivity contribution is 6.03. The molecule has 0 fully saturated rings. The first-order valence-corrected chi connectivity index (χ1v) is 22.4. The summed E-state index contributed by atoms with van der Waals surface area (Å²) in [6, 6.07) is 14.4. The number of hydrazine groups is 1. The summed E-state index contributed by atoms with van der Waals surface area (Å²) >= 11 is 0. The van der Waals surface area contributed by atoms with Gasteiger partial charge in [-0.15, -0.1) is 5.10 Å². The first-order chi connectivity index (χ1) is 28.0. The SMILES string of the molecule is CCCCCCCCCCCCCCCC(=O)NC(CCCCNC(=O)C(C(C)C)N(Cc1ccc(-c2ccccc2/C(N)=N/NN)cc1)C(=O)CCCC)C(C)=O. The van der Waals surface area contributed by atoms with Gasteiger partial charge in [-0.25, -0.2) is 11.4 Å². The molecule has 0 spiro atoms. The maximum Gasteiger partial charge on any atom is 0.243 e. The Bertz CT molecular complexity index is 1510. The molecule has 58 heavy (non-hydrogen) atoms. The summed E-state index contributed by atoms with van der Waals surface area (Å²) in [5.74, 6) is 5.13. The number of Topliss-reactive ketones (excluding diaryl/α,β-unsaturated/α-hetero) is 1. The third kappa shape index (κ3) is 19.5. The third-order valence-corrected chi connectivity index (χ3v) is 10.9. The van der Waals surface area contributed by atoms with Gasteiger partial charge in [-0.3, -0.25) is 19.2 Å². The number of carbonyl (C=O) groups excluding carboxylic acids is 4. The van der Waals surface area contributed by atoms with E-state index in [4.69, 9.17) is 11.6 Å². The normalized spacial score (nSPS) is 12.6. The molecule has 11 nitrogen and oxygen atoms in total. The minimum absolute atomic E-state index is 0.0528. The molecule has 2 atom stereocenters. The molecule has 3 amide bonds. The largest absolute Gasteiger partial charge is 0.382 e. The highest BCUT2D eigenvalue weighted by atomic mass is 16.2. The summed E-state index contributed by atoms with van der Waals surface area (Å²) in [4.78, 5) is 54.2. The number of ketones is 1. The average Bonchev–Trinajstić information content (AvgIpc) is 3.21. The summed E-state index contributed by atoms with van der Waals surface area (Å²) in [7, 11) is 0. The fourth-order valence-electron chi connectivity index (χ4n) is 7.43. The van der Waals surface area contributed by atoms with E-state index < -0.39 is 12.1 Å². The number of nitrogens with zero attached hydrogens (tertiary/aromatic N) is 2. The molecule has 7 N–H and O–H groups in total. The van der Waals surface area contributed by atoms with Crippen LogP contribution in [0.4, 0.5) is 0 Å². The van der Waals surface area contributed by atoms with Crippen molar-refractivity contribution in [2.75, 3.05) is 6.54 Å². The molecule has 0 aromatic heterocycles. The zero-order chi connectivity index (χ0) is 42.5. The number of nitrogens with one attached hydrogen (secondary N) is 3. The van der Waals surface area contributed by atoms with Gasteiger partial charge in [-0.2, -0.15) is 0 Å². The van der Waals surface area contributed by atoms with E-state index in [0.717, 1.165) is 54.4 Å². The van der Waals surface area contributed by atoms with Gasteiger partial charge in [0, 0.05) is 31.5 Å². The van der Waals surface area contributed by atoms with Crippen LogP contribution in [0, 0.1) is 5.92 Å². The van der Waals surface area contributed by atoms with Gasteiger partial charge in [0.1, 0.15) is 6.04 Å². The van der Waals surface area contributed by atoms with Gasteiger partial charge < -0.3 is 21.3 Å². The van der Waals surface area contributed by atoms with Gasteiger partial charge in [0.25, 0.3) is 0 Å². The number of nitrogens with two attached hydrogens (primary N) is 2. The van der Waals surface area contributed by atoms with Gasteiger partial charge in [0.15, 0.2) is 11.6 Å². The molecule has 0 aliphatic rings. The van der Waals surface area contributed by atoms with E-state index in [1.165, 1.54) is 71.1 Å². The monoisotopic (exact) mass is 804 g/mol. The lowest BCUT2D eigenvalue weighted by atomic mass is 9.97. The first-order valence-electron chi connectivity index (χ1n) is 22.4. The Kier molecular flexibility index (Phi) is 25.7. The summed E-state index contributed by atoms with van der Waals surface area (Å²) in [6.45, 7) is 10.5. The zero-order valence-corrected chi connectivity index (χ0v) is 36.6. The summed E-state index contributed by atoms with van der Waals surface area (Å²) in [6.07, 6.45) is 20.6. The molecule has 2 rings (SSSR count). The first kappa shape index (κ1) is 49.9. The molecule has 324 valence electrons. The van der Waals surface area contributed by atoms with Crippen LogP contribution in [0.3, 0.4) is 0 Å². The highest BCUT2D eigenvalue weighted by Crippen LogP contribution is 2.26. The number of carbonyl (C=O) groups is 4. The van der Waals surface area contributed by atoms with Crippen LogP contribution >= 0.6 is 0 Å². The number of unbranched alkanes of at least 4 members (excludes halogenated alkanes) is 14. The minimum Gasteiger partial charge on any atom is -0.382 e. The third-order valence-electron chi connectivity index (χ3n) is 10.9. The Morgan fingerprint density at radius 2 is 1.31 bits per heavy atom. The number of benzene rings is 2. The smallest absolute Gasteiger partial charge is 0.243 e. The van der Waals surface area contributed by atoms with E-state index in [9.17, 15) is 19.2 Å². The van der Waals surface area contributed by atoms with E-state index >= 15 is 0 Å². The topological polar surface area (TPSA) is 172 Å². The molecule has 0 aliphatic heterocycles. The predicted molar refractivity (Wildman–Crippen MR) is 238 cm³/mol. The fraction of sp³-hybridized carbons (Fsp3) is 0.638. The fourth-order valence-corrected chi connectivity index (χ4v) is 7.43. The van der Waals surface area contributed by atoms with Crippen molar-refractivity contribution in [3.05, 3.63) is 59.7 Å². The minimum atomic E-state index is -0.654. The highest BCUT2D eigenvalue weighted by Gasteiger charge is 2.32. The van der Waals surface area contributed by atoms with E-state index in [1.54, 1.807) is 4.90 Å². The molecular weight excluding hydrogens is 727 g/mol. The second-order valence-corrected chi connectivity index (χ2v) is 16.2. The number of hydrazone groups is 1. The van der Waals surface area contributed by atoms with Crippen LogP contribution in [0.1, 0.15) is 174 Å². The summed E-state index contributed by atoms with van der Waals surface area (Å²) < 4.78 is 0. The molecule has 2 aromatic rings. The van der Waals surface area contributed by atoms with Crippen LogP contribution < -0.4 is 27.7 Å². The van der Waals surface area contributed by atoms with Crippen molar-refractivity contribution in [3.8, 4) is 11.1 Å². The lowest BCUT2D eigenvalue weighted by Gasteiger charge is -2.34. The van der Waals surface area contributed by atoms with E-state index in [0.29, 0.717) is 45.2 Å². The van der Waals surface area contributed by atoms with Gasteiger partial charge in [0.05, 0.1) is 6.04 Å². The van der Waals surface area contributed by atoms with Crippen molar-refractivity contribution < 1.29 is 19.2 Å². The summed E-state index contributed by atoms with van der Waals surface area (Å²) in [5, 5.41) is 9.95.